The summed E-state index contributed by atoms with van der Waals surface area (Å²) in [7, 11) is 0. The van der Waals surface area contributed by atoms with Gasteiger partial charge in [0.15, 0.2) is 6.61 Å². The standard InChI is InChI=1S/C22H28N2O3S/c1-12(2)15-7-5-13(3)9-17(15)27-11-19(25)24-22-20(21(23)26)16-8-6-14(4)10-18(16)28-22/h5,7,9,12,14H,6,8,10-11H2,1-4H3,(H2,23,26)(H,24,25). The molecule has 2 aromatic rings. The summed E-state index contributed by atoms with van der Waals surface area (Å²) in [6.07, 6.45) is 2.79. The lowest BCUT2D eigenvalue weighted by Crippen LogP contribution is -2.23. The fourth-order valence-electron chi connectivity index (χ4n) is 3.65. The number of anilines is 1. The Labute approximate surface area is 170 Å². The minimum atomic E-state index is -0.482. The molecule has 0 saturated heterocycles. The Hall–Kier alpha value is -2.34. The smallest absolute Gasteiger partial charge is 0.262 e. The highest BCUT2D eigenvalue weighted by Gasteiger charge is 2.27. The largest absolute Gasteiger partial charge is 0.483 e. The number of nitrogens with one attached hydrogen (secondary N) is 1. The van der Waals surface area contributed by atoms with Gasteiger partial charge in [-0.05, 0) is 60.8 Å². The van der Waals surface area contributed by atoms with E-state index in [1.807, 2.05) is 25.1 Å². The zero-order chi connectivity index (χ0) is 20.4. The highest BCUT2D eigenvalue weighted by molar-refractivity contribution is 7.17. The van der Waals surface area contributed by atoms with Crippen molar-refractivity contribution in [2.75, 3.05) is 11.9 Å². The Kier molecular flexibility index (Phi) is 6.08. The molecule has 3 rings (SSSR count). The van der Waals surface area contributed by atoms with E-state index in [4.69, 9.17) is 10.5 Å². The minimum absolute atomic E-state index is 0.111. The first kappa shape index (κ1) is 20.4. The summed E-state index contributed by atoms with van der Waals surface area (Å²) < 4.78 is 5.81. The maximum Gasteiger partial charge on any atom is 0.262 e. The molecule has 3 N–H and O–H groups in total. The van der Waals surface area contributed by atoms with E-state index in [0.29, 0.717) is 22.4 Å². The third-order valence-electron chi connectivity index (χ3n) is 5.16. The van der Waals surface area contributed by atoms with Crippen LogP contribution in [0, 0.1) is 12.8 Å². The first-order valence-electron chi connectivity index (χ1n) is 9.73. The van der Waals surface area contributed by atoms with Gasteiger partial charge < -0.3 is 15.8 Å². The van der Waals surface area contributed by atoms with Crippen LogP contribution in [0.15, 0.2) is 18.2 Å². The van der Waals surface area contributed by atoms with Crippen LogP contribution in [0.4, 0.5) is 5.00 Å². The number of nitrogens with two attached hydrogens (primary N) is 1. The number of aryl methyl sites for hydroxylation is 1. The molecule has 1 aromatic carbocycles. The highest BCUT2D eigenvalue weighted by Crippen LogP contribution is 2.39. The summed E-state index contributed by atoms with van der Waals surface area (Å²) in [6.45, 7) is 8.27. The number of primary amides is 1. The summed E-state index contributed by atoms with van der Waals surface area (Å²) in [5, 5.41) is 3.40. The summed E-state index contributed by atoms with van der Waals surface area (Å²) in [5.74, 6) is 0.828. The quantitative estimate of drug-likeness (QED) is 0.753. The molecule has 0 aliphatic heterocycles. The highest BCUT2D eigenvalue weighted by atomic mass is 32.1. The zero-order valence-corrected chi connectivity index (χ0v) is 17.7. The zero-order valence-electron chi connectivity index (χ0n) is 16.9. The number of rotatable bonds is 6. The Morgan fingerprint density at radius 2 is 2.11 bits per heavy atom. The fourth-order valence-corrected chi connectivity index (χ4v) is 5.08. The molecule has 6 heteroatoms. The van der Waals surface area contributed by atoms with Crippen LogP contribution in [0.5, 0.6) is 5.75 Å². The number of hydrogen-bond donors (Lipinski definition) is 2. The van der Waals surface area contributed by atoms with Crippen molar-refractivity contribution in [2.24, 2.45) is 11.7 Å². The van der Waals surface area contributed by atoms with E-state index >= 15 is 0 Å². The molecule has 1 heterocycles. The number of carbonyl (C=O) groups excluding carboxylic acids is 2. The van der Waals surface area contributed by atoms with Gasteiger partial charge >= 0.3 is 0 Å². The number of carbonyl (C=O) groups is 2. The number of fused-ring (bicyclic) bond motifs is 1. The molecule has 150 valence electrons. The molecule has 5 nitrogen and oxygen atoms in total. The lowest BCUT2D eigenvalue weighted by Gasteiger charge is -2.18. The molecule has 1 atom stereocenters. The SMILES string of the molecule is Cc1ccc(C(C)C)c(OCC(=O)Nc2sc3c(c2C(N)=O)CCC(C)C3)c1. The van der Waals surface area contributed by atoms with Crippen molar-refractivity contribution in [1.82, 2.24) is 0 Å². The van der Waals surface area contributed by atoms with Gasteiger partial charge in [0.2, 0.25) is 0 Å². The van der Waals surface area contributed by atoms with Gasteiger partial charge in [0, 0.05) is 4.88 Å². The molecular formula is C22H28N2O3S. The molecular weight excluding hydrogens is 372 g/mol. The van der Waals surface area contributed by atoms with E-state index in [9.17, 15) is 9.59 Å². The average molecular weight is 401 g/mol. The summed E-state index contributed by atoms with van der Waals surface area (Å²) >= 11 is 1.47. The van der Waals surface area contributed by atoms with Crippen LogP contribution in [0.1, 0.15) is 65.0 Å². The van der Waals surface area contributed by atoms with Crippen LogP contribution >= 0.6 is 11.3 Å². The molecule has 0 spiro atoms. The van der Waals surface area contributed by atoms with Crippen molar-refractivity contribution in [3.8, 4) is 5.75 Å². The van der Waals surface area contributed by atoms with Gasteiger partial charge in [0.05, 0.1) is 5.56 Å². The number of benzene rings is 1. The van der Waals surface area contributed by atoms with Gasteiger partial charge in [-0.15, -0.1) is 11.3 Å². The summed E-state index contributed by atoms with van der Waals surface area (Å²) in [5.41, 5.74) is 9.24. The summed E-state index contributed by atoms with van der Waals surface area (Å²) in [6, 6.07) is 6.02. The topological polar surface area (TPSA) is 81.4 Å². The van der Waals surface area contributed by atoms with Crippen molar-refractivity contribution in [3.63, 3.8) is 0 Å². The number of ether oxygens (including phenoxy) is 1. The van der Waals surface area contributed by atoms with Crippen LogP contribution < -0.4 is 15.8 Å². The number of thiophene rings is 1. The van der Waals surface area contributed by atoms with Gasteiger partial charge in [-0.2, -0.15) is 0 Å². The van der Waals surface area contributed by atoms with Crippen LogP contribution in [-0.2, 0) is 17.6 Å². The first-order valence-corrected chi connectivity index (χ1v) is 10.6. The number of hydrogen-bond acceptors (Lipinski definition) is 4. The Morgan fingerprint density at radius 3 is 2.79 bits per heavy atom. The first-order chi connectivity index (χ1) is 13.3. The Balaban J connectivity index is 1.74. The normalized spacial score (nSPS) is 16.0. The molecule has 2 amide bonds. The van der Waals surface area contributed by atoms with Crippen molar-refractivity contribution in [3.05, 3.63) is 45.3 Å². The van der Waals surface area contributed by atoms with Gasteiger partial charge in [-0.25, -0.2) is 0 Å². The molecule has 1 aliphatic rings. The second kappa shape index (κ2) is 8.35. The lowest BCUT2D eigenvalue weighted by molar-refractivity contribution is -0.118. The predicted molar refractivity (Wildman–Crippen MR) is 113 cm³/mol. The minimum Gasteiger partial charge on any atom is -0.483 e. The van der Waals surface area contributed by atoms with Crippen molar-refractivity contribution in [2.45, 2.75) is 52.9 Å². The maximum atomic E-state index is 12.5. The van der Waals surface area contributed by atoms with Crippen molar-refractivity contribution < 1.29 is 14.3 Å². The van der Waals surface area contributed by atoms with E-state index < -0.39 is 5.91 Å². The van der Waals surface area contributed by atoms with Crippen LogP contribution in [0.3, 0.4) is 0 Å². The number of amides is 2. The van der Waals surface area contributed by atoms with Crippen molar-refractivity contribution in [1.29, 1.82) is 0 Å². The van der Waals surface area contributed by atoms with Gasteiger partial charge in [0.1, 0.15) is 10.8 Å². The maximum absolute atomic E-state index is 12.5. The van der Waals surface area contributed by atoms with Crippen LogP contribution in [0.2, 0.25) is 0 Å². The van der Waals surface area contributed by atoms with Gasteiger partial charge in [-0.3, -0.25) is 9.59 Å². The van der Waals surface area contributed by atoms with Crippen molar-refractivity contribution >= 4 is 28.2 Å². The third-order valence-corrected chi connectivity index (χ3v) is 6.33. The monoisotopic (exact) mass is 400 g/mol. The molecule has 0 saturated carbocycles. The Bertz CT molecular complexity index is 901. The van der Waals surface area contributed by atoms with E-state index in [1.165, 1.54) is 11.3 Å². The molecule has 1 aromatic heterocycles. The predicted octanol–water partition coefficient (Wildman–Crippen LogP) is 4.42. The molecule has 28 heavy (non-hydrogen) atoms. The molecule has 0 radical (unpaired) electrons. The van der Waals surface area contributed by atoms with Gasteiger partial charge in [-0.1, -0.05) is 32.9 Å². The second-order valence-corrected chi connectivity index (χ2v) is 9.06. The van der Waals surface area contributed by atoms with Gasteiger partial charge in [0.25, 0.3) is 11.8 Å². The molecule has 0 fully saturated rings. The van der Waals surface area contributed by atoms with E-state index in [0.717, 1.165) is 46.6 Å². The van der Waals surface area contributed by atoms with E-state index in [1.54, 1.807) is 0 Å². The summed E-state index contributed by atoms with van der Waals surface area (Å²) in [4.78, 5) is 25.7. The van der Waals surface area contributed by atoms with Crippen LogP contribution in [-0.4, -0.2) is 18.4 Å². The average Bonchev–Trinajstić information content (AvgIpc) is 2.96. The molecule has 1 unspecified atom stereocenters. The van der Waals surface area contributed by atoms with E-state index in [-0.39, 0.29) is 12.5 Å². The van der Waals surface area contributed by atoms with Crippen LogP contribution in [0.25, 0.3) is 0 Å². The third kappa shape index (κ3) is 4.38. The molecule has 1 aliphatic carbocycles. The molecule has 0 bridgehead atoms. The Morgan fingerprint density at radius 1 is 1.36 bits per heavy atom. The fraction of sp³-hybridized carbons (Fsp3) is 0.455. The second-order valence-electron chi connectivity index (χ2n) is 7.95. The van der Waals surface area contributed by atoms with E-state index in [2.05, 4.69) is 26.1 Å². The lowest BCUT2D eigenvalue weighted by atomic mass is 9.88.